The Morgan fingerprint density at radius 2 is 2.09 bits per heavy atom. The van der Waals surface area contributed by atoms with Gasteiger partial charge in [0.05, 0.1) is 0 Å². The van der Waals surface area contributed by atoms with E-state index in [9.17, 15) is 0 Å². The molecule has 58 valence electrons. The highest BCUT2D eigenvalue weighted by Crippen LogP contribution is 2.09. The average Bonchev–Trinajstić information content (AvgIpc) is 1.95. The van der Waals surface area contributed by atoms with Gasteiger partial charge in [0.2, 0.25) is 0 Å². The number of aryl methyl sites for hydroxylation is 2. The Balaban J connectivity index is 2.98. The minimum Gasteiger partial charge on any atom is -0.313 e. The third-order valence-corrected chi connectivity index (χ3v) is 1.82. The highest BCUT2D eigenvalue weighted by molar-refractivity contribution is 5.58. The standard InChI is InChI=1S/C10H13N/c1-8-3-4-10(5-6-11)9(2)7-8/h3-4,6-7,11H,5H2,1-2H3. The molecule has 1 N–H and O–H groups in total. The summed E-state index contributed by atoms with van der Waals surface area (Å²) in [6.45, 7) is 4.17. The van der Waals surface area contributed by atoms with Gasteiger partial charge in [-0.15, -0.1) is 0 Å². The molecule has 0 heterocycles. The van der Waals surface area contributed by atoms with E-state index in [0.717, 1.165) is 6.42 Å². The van der Waals surface area contributed by atoms with Gasteiger partial charge in [-0.05, 0) is 31.2 Å². The minimum absolute atomic E-state index is 0.756. The second-order valence-electron chi connectivity index (χ2n) is 2.84. The Labute approximate surface area is 67.6 Å². The van der Waals surface area contributed by atoms with Gasteiger partial charge in [-0.2, -0.15) is 0 Å². The number of benzene rings is 1. The summed E-state index contributed by atoms with van der Waals surface area (Å²) in [5.74, 6) is 0. The van der Waals surface area contributed by atoms with Gasteiger partial charge < -0.3 is 5.41 Å². The Morgan fingerprint density at radius 3 is 2.64 bits per heavy atom. The lowest BCUT2D eigenvalue weighted by molar-refractivity contribution is 1.24. The maximum Gasteiger partial charge on any atom is 0.00740 e. The smallest absolute Gasteiger partial charge is 0.00740 e. The lowest BCUT2D eigenvalue weighted by atomic mass is 10.0. The van der Waals surface area contributed by atoms with Crippen LogP contribution < -0.4 is 0 Å². The summed E-state index contributed by atoms with van der Waals surface area (Å²) < 4.78 is 0. The normalized spacial score (nSPS) is 9.64. The first-order valence-electron chi connectivity index (χ1n) is 3.79. The molecule has 1 aromatic rings. The largest absolute Gasteiger partial charge is 0.313 e. The molecule has 0 saturated heterocycles. The molecule has 0 aromatic heterocycles. The first kappa shape index (κ1) is 7.99. The molecule has 0 aliphatic heterocycles. The van der Waals surface area contributed by atoms with E-state index in [1.165, 1.54) is 22.9 Å². The second-order valence-corrected chi connectivity index (χ2v) is 2.84. The van der Waals surface area contributed by atoms with Gasteiger partial charge in [0, 0.05) is 6.42 Å². The van der Waals surface area contributed by atoms with Crippen molar-refractivity contribution >= 4 is 6.21 Å². The molecule has 0 aliphatic rings. The molecule has 1 aromatic carbocycles. The summed E-state index contributed by atoms with van der Waals surface area (Å²) in [6.07, 6.45) is 2.20. The zero-order chi connectivity index (χ0) is 8.27. The van der Waals surface area contributed by atoms with Crippen molar-refractivity contribution in [2.24, 2.45) is 0 Å². The molecule has 0 spiro atoms. The first-order valence-corrected chi connectivity index (χ1v) is 3.79. The molecular formula is C10H13N. The van der Waals surface area contributed by atoms with Crippen LogP contribution in [0.3, 0.4) is 0 Å². The Hall–Kier alpha value is -1.11. The number of hydrogen-bond acceptors (Lipinski definition) is 1. The maximum atomic E-state index is 6.97. The van der Waals surface area contributed by atoms with Gasteiger partial charge in [-0.25, -0.2) is 0 Å². The van der Waals surface area contributed by atoms with Gasteiger partial charge in [-0.3, -0.25) is 0 Å². The fraction of sp³-hybridized carbons (Fsp3) is 0.300. The van der Waals surface area contributed by atoms with Crippen LogP contribution in [0.1, 0.15) is 16.7 Å². The predicted octanol–water partition coefficient (Wildman–Crippen LogP) is 2.50. The van der Waals surface area contributed by atoms with Crippen LogP contribution >= 0.6 is 0 Å². The van der Waals surface area contributed by atoms with Crippen LogP contribution in [0.5, 0.6) is 0 Å². The number of hydrogen-bond donors (Lipinski definition) is 1. The van der Waals surface area contributed by atoms with Crippen LogP contribution in [0.15, 0.2) is 18.2 Å². The summed E-state index contributed by atoms with van der Waals surface area (Å²) in [5, 5.41) is 6.97. The third-order valence-electron chi connectivity index (χ3n) is 1.82. The van der Waals surface area contributed by atoms with Crippen molar-refractivity contribution in [2.45, 2.75) is 20.3 Å². The fourth-order valence-electron chi connectivity index (χ4n) is 1.18. The summed E-state index contributed by atoms with van der Waals surface area (Å²) in [6, 6.07) is 6.33. The monoisotopic (exact) mass is 147 g/mol. The van der Waals surface area contributed by atoms with Crippen molar-refractivity contribution in [1.29, 1.82) is 5.41 Å². The molecule has 0 aliphatic carbocycles. The van der Waals surface area contributed by atoms with E-state index in [1.54, 1.807) is 0 Å². The first-order chi connectivity index (χ1) is 5.24. The van der Waals surface area contributed by atoms with Crippen molar-refractivity contribution in [3.8, 4) is 0 Å². The van der Waals surface area contributed by atoms with Crippen LogP contribution in [0, 0.1) is 19.3 Å². The zero-order valence-electron chi connectivity index (χ0n) is 7.02. The van der Waals surface area contributed by atoms with Crippen molar-refractivity contribution < 1.29 is 0 Å². The maximum absolute atomic E-state index is 6.97. The van der Waals surface area contributed by atoms with E-state index < -0.39 is 0 Å². The van der Waals surface area contributed by atoms with Crippen molar-refractivity contribution in [3.63, 3.8) is 0 Å². The Morgan fingerprint density at radius 1 is 1.36 bits per heavy atom. The van der Waals surface area contributed by atoms with E-state index in [4.69, 9.17) is 5.41 Å². The van der Waals surface area contributed by atoms with Gasteiger partial charge in [0.15, 0.2) is 0 Å². The molecule has 0 amide bonds. The van der Waals surface area contributed by atoms with Gasteiger partial charge in [-0.1, -0.05) is 23.8 Å². The summed E-state index contributed by atoms with van der Waals surface area (Å²) in [7, 11) is 0. The SMILES string of the molecule is Cc1ccc(CC=N)c(C)c1. The third kappa shape index (κ3) is 1.90. The highest BCUT2D eigenvalue weighted by atomic mass is 14.3. The van der Waals surface area contributed by atoms with E-state index in [1.807, 2.05) is 0 Å². The van der Waals surface area contributed by atoms with Gasteiger partial charge in [0.25, 0.3) is 0 Å². The minimum atomic E-state index is 0.756. The molecule has 0 atom stereocenters. The van der Waals surface area contributed by atoms with Crippen LogP contribution in [0.25, 0.3) is 0 Å². The number of nitrogens with one attached hydrogen (secondary N) is 1. The zero-order valence-corrected chi connectivity index (χ0v) is 7.02. The topological polar surface area (TPSA) is 23.9 Å². The van der Waals surface area contributed by atoms with Gasteiger partial charge >= 0.3 is 0 Å². The van der Waals surface area contributed by atoms with Crippen LogP contribution in [-0.2, 0) is 6.42 Å². The Kier molecular flexibility index (Phi) is 2.42. The highest BCUT2D eigenvalue weighted by Gasteiger charge is 1.94. The molecule has 1 nitrogen and oxygen atoms in total. The van der Waals surface area contributed by atoms with Crippen molar-refractivity contribution in [1.82, 2.24) is 0 Å². The molecule has 0 bridgehead atoms. The summed E-state index contributed by atoms with van der Waals surface area (Å²) in [5.41, 5.74) is 3.83. The second kappa shape index (κ2) is 3.33. The van der Waals surface area contributed by atoms with Gasteiger partial charge in [0.1, 0.15) is 0 Å². The Bertz CT molecular complexity index is 264. The fourth-order valence-corrected chi connectivity index (χ4v) is 1.18. The molecule has 1 heteroatoms. The molecule has 0 saturated carbocycles. The van der Waals surface area contributed by atoms with Crippen LogP contribution in [0.2, 0.25) is 0 Å². The van der Waals surface area contributed by atoms with Crippen LogP contribution in [-0.4, -0.2) is 6.21 Å². The van der Waals surface area contributed by atoms with E-state index >= 15 is 0 Å². The molecule has 0 radical (unpaired) electrons. The quantitative estimate of drug-likeness (QED) is 0.621. The van der Waals surface area contributed by atoms with Crippen LogP contribution in [0.4, 0.5) is 0 Å². The average molecular weight is 147 g/mol. The van der Waals surface area contributed by atoms with Crippen molar-refractivity contribution in [2.75, 3.05) is 0 Å². The molecular weight excluding hydrogens is 134 g/mol. The lowest BCUT2D eigenvalue weighted by Gasteiger charge is -2.02. The van der Waals surface area contributed by atoms with E-state index in [-0.39, 0.29) is 0 Å². The van der Waals surface area contributed by atoms with E-state index in [0.29, 0.717) is 0 Å². The lowest BCUT2D eigenvalue weighted by Crippen LogP contribution is -1.89. The van der Waals surface area contributed by atoms with E-state index in [2.05, 4.69) is 32.0 Å². The molecule has 11 heavy (non-hydrogen) atoms. The molecule has 0 fully saturated rings. The predicted molar refractivity (Wildman–Crippen MR) is 48.4 cm³/mol. The summed E-state index contributed by atoms with van der Waals surface area (Å²) in [4.78, 5) is 0. The number of rotatable bonds is 2. The summed E-state index contributed by atoms with van der Waals surface area (Å²) >= 11 is 0. The van der Waals surface area contributed by atoms with Crippen molar-refractivity contribution in [3.05, 3.63) is 34.9 Å². The molecule has 1 rings (SSSR count). The molecule has 0 unspecified atom stereocenters.